The number of aromatic nitrogens is 1. The van der Waals surface area contributed by atoms with Crippen LogP contribution in [0.2, 0.25) is 0 Å². The van der Waals surface area contributed by atoms with Crippen LogP contribution in [0.5, 0.6) is 5.75 Å². The molecule has 6 nitrogen and oxygen atoms in total. The van der Waals surface area contributed by atoms with Crippen molar-refractivity contribution in [1.29, 1.82) is 0 Å². The molecule has 2 rings (SSSR count). The first-order valence-electron chi connectivity index (χ1n) is 6.91. The lowest BCUT2D eigenvalue weighted by atomic mass is 10.3. The second-order valence-corrected chi connectivity index (χ2v) is 6.07. The zero-order valence-electron chi connectivity index (χ0n) is 12.0. The molecule has 0 saturated heterocycles. The Morgan fingerprint density at radius 3 is 2.73 bits per heavy atom. The molecule has 2 aromatic rings. The summed E-state index contributed by atoms with van der Waals surface area (Å²) in [6.07, 6.45) is 3.44. The van der Waals surface area contributed by atoms with E-state index in [-0.39, 0.29) is 4.90 Å². The maximum atomic E-state index is 11.0. The smallest absolute Gasteiger partial charge is 0.294 e. The molecule has 0 bridgehead atoms. The van der Waals surface area contributed by atoms with E-state index in [9.17, 15) is 8.42 Å². The van der Waals surface area contributed by atoms with Crippen molar-refractivity contribution >= 4 is 15.9 Å². The van der Waals surface area contributed by atoms with Gasteiger partial charge < -0.3 is 10.1 Å². The summed E-state index contributed by atoms with van der Waals surface area (Å²) in [4.78, 5) is 3.99. The van der Waals surface area contributed by atoms with E-state index in [1.165, 1.54) is 18.2 Å². The van der Waals surface area contributed by atoms with Crippen molar-refractivity contribution < 1.29 is 17.7 Å². The molecule has 0 aliphatic heterocycles. The summed E-state index contributed by atoms with van der Waals surface area (Å²) in [6, 6.07) is 11.5. The number of rotatable bonds is 8. The van der Waals surface area contributed by atoms with Crippen LogP contribution in [0.25, 0.3) is 0 Å². The molecule has 1 aromatic carbocycles. The van der Waals surface area contributed by atoms with Crippen LogP contribution >= 0.6 is 0 Å². The second-order valence-electron chi connectivity index (χ2n) is 4.65. The molecule has 0 aliphatic carbocycles. The first-order chi connectivity index (χ1) is 10.6. The molecular formula is C15H18N2O4S. The molecule has 0 fully saturated rings. The van der Waals surface area contributed by atoms with Crippen LogP contribution in [0.3, 0.4) is 0 Å². The molecule has 118 valence electrons. The zero-order valence-corrected chi connectivity index (χ0v) is 12.8. The Labute approximate surface area is 129 Å². The molecule has 2 N–H and O–H groups in total. The SMILES string of the molecule is O=S(=O)(O)c1cccc(OCCCCNc2ccccn2)c1. The first-order valence-corrected chi connectivity index (χ1v) is 8.35. The van der Waals surface area contributed by atoms with E-state index in [1.807, 2.05) is 18.2 Å². The predicted molar refractivity (Wildman–Crippen MR) is 83.7 cm³/mol. The van der Waals surface area contributed by atoms with Crippen molar-refractivity contribution in [3.63, 3.8) is 0 Å². The van der Waals surface area contributed by atoms with E-state index in [4.69, 9.17) is 9.29 Å². The van der Waals surface area contributed by atoms with Gasteiger partial charge in [0, 0.05) is 18.8 Å². The minimum Gasteiger partial charge on any atom is -0.494 e. The fourth-order valence-corrected chi connectivity index (χ4v) is 2.34. The van der Waals surface area contributed by atoms with Crippen LogP contribution in [0.1, 0.15) is 12.8 Å². The summed E-state index contributed by atoms with van der Waals surface area (Å²) < 4.78 is 36.5. The molecule has 1 aromatic heterocycles. The van der Waals surface area contributed by atoms with Gasteiger partial charge in [0.2, 0.25) is 0 Å². The monoisotopic (exact) mass is 322 g/mol. The molecule has 0 atom stereocenters. The molecule has 22 heavy (non-hydrogen) atoms. The quantitative estimate of drug-likeness (QED) is 0.574. The van der Waals surface area contributed by atoms with Gasteiger partial charge in [-0.1, -0.05) is 12.1 Å². The highest BCUT2D eigenvalue weighted by molar-refractivity contribution is 7.85. The third-order valence-electron chi connectivity index (χ3n) is 2.91. The fraction of sp³-hybridized carbons (Fsp3) is 0.267. The number of anilines is 1. The third kappa shape index (κ3) is 5.34. The van der Waals surface area contributed by atoms with E-state index in [2.05, 4.69) is 10.3 Å². The molecule has 7 heteroatoms. The van der Waals surface area contributed by atoms with E-state index < -0.39 is 10.1 Å². The molecule has 0 aliphatic rings. The number of nitrogens with one attached hydrogen (secondary N) is 1. The standard InChI is InChI=1S/C15H18N2O4S/c18-22(19,20)14-7-5-6-13(12-14)21-11-4-3-10-17-15-8-1-2-9-16-15/h1-2,5-9,12H,3-4,10-11H2,(H,16,17)(H,18,19,20). The zero-order chi connectivity index (χ0) is 15.8. The Hall–Kier alpha value is -2.12. The number of nitrogens with zero attached hydrogens (tertiary/aromatic N) is 1. The number of unbranched alkanes of at least 4 members (excludes halogenated alkanes) is 1. The maximum absolute atomic E-state index is 11.0. The molecule has 0 saturated carbocycles. The van der Waals surface area contributed by atoms with Gasteiger partial charge in [0.1, 0.15) is 11.6 Å². The number of pyridine rings is 1. The Balaban J connectivity index is 1.69. The summed E-state index contributed by atoms with van der Waals surface area (Å²) in [5, 5.41) is 3.19. The van der Waals surface area contributed by atoms with E-state index >= 15 is 0 Å². The topological polar surface area (TPSA) is 88.5 Å². The van der Waals surface area contributed by atoms with E-state index in [0.717, 1.165) is 25.2 Å². The van der Waals surface area contributed by atoms with Crippen LogP contribution in [0, 0.1) is 0 Å². The normalized spacial score (nSPS) is 11.1. The largest absolute Gasteiger partial charge is 0.494 e. The van der Waals surface area contributed by atoms with Crippen LogP contribution < -0.4 is 10.1 Å². The number of hydrogen-bond donors (Lipinski definition) is 2. The summed E-state index contributed by atoms with van der Waals surface area (Å²) in [6.45, 7) is 1.25. The summed E-state index contributed by atoms with van der Waals surface area (Å²) >= 11 is 0. The first kappa shape index (κ1) is 16.3. The van der Waals surface area contributed by atoms with E-state index in [1.54, 1.807) is 12.3 Å². The second kappa shape index (κ2) is 7.77. The lowest BCUT2D eigenvalue weighted by Crippen LogP contribution is -2.06. The number of benzene rings is 1. The molecule has 0 spiro atoms. The van der Waals surface area contributed by atoms with Gasteiger partial charge >= 0.3 is 0 Å². The minimum atomic E-state index is -4.19. The maximum Gasteiger partial charge on any atom is 0.294 e. The van der Waals surface area contributed by atoms with Crippen LogP contribution in [-0.2, 0) is 10.1 Å². The highest BCUT2D eigenvalue weighted by Gasteiger charge is 2.09. The van der Waals surface area contributed by atoms with Crippen molar-refractivity contribution in [3.05, 3.63) is 48.7 Å². The molecule has 0 radical (unpaired) electrons. The molecular weight excluding hydrogens is 304 g/mol. The van der Waals surface area contributed by atoms with Crippen LogP contribution in [-0.4, -0.2) is 31.1 Å². The number of ether oxygens (including phenoxy) is 1. The minimum absolute atomic E-state index is 0.165. The van der Waals surface area contributed by atoms with Gasteiger partial charge in [0.15, 0.2) is 0 Å². The molecule has 1 heterocycles. The summed E-state index contributed by atoms with van der Waals surface area (Å²) in [5.74, 6) is 1.26. The Morgan fingerprint density at radius 1 is 1.14 bits per heavy atom. The van der Waals surface area contributed by atoms with Crippen LogP contribution in [0.4, 0.5) is 5.82 Å². The summed E-state index contributed by atoms with van der Waals surface area (Å²) in [5.41, 5.74) is 0. The van der Waals surface area contributed by atoms with Gasteiger partial charge in [0.05, 0.1) is 11.5 Å². The highest BCUT2D eigenvalue weighted by Crippen LogP contribution is 2.17. The third-order valence-corrected chi connectivity index (χ3v) is 3.76. The van der Waals surface area contributed by atoms with Gasteiger partial charge in [-0.15, -0.1) is 0 Å². The lowest BCUT2D eigenvalue weighted by Gasteiger charge is -2.08. The van der Waals surface area contributed by atoms with Gasteiger partial charge in [0.25, 0.3) is 10.1 Å². The molecule has 0 amide bonds. The Bertz CT molecular complexity index is 690. The summed E-state index contributed by atoms with van der Waals surface area (Å²) in [7, 11) is -4.19. The van der Waals surface area contributed by atoms with Crippen molar-refractivity contribution in [3.8, 4) is 5.75 Å². The average molecular weight is 322 g/mol. The van der Waals surface area contributed by atoms with Crippen molar-refractivity contribution in [2.45, 2.75) is 17.7 Å². The lowest BCUT2D eigenvalue weighted by molar-refractivity contribution is 0.307. The van der Waals surface area contributed by atoms with E-state index in [0.29, 0.717) is 12.4 Å². The van der Waals surface area contributed by atoms with Gasteiger partial charge in [-0.3, -0.25) is 4.55 Å². The predicted octanol–water partition coefficient (Wildman–Crippen LogP) is 2.60. The Kier molecular flexibility index (Phi) is 5.74. The molecule has 0 unspecified atom stereocenters. The number of hydrogen-bond acceptors (Lipinski definition) is 5. The van der Waals surface area contributed by atoms with Gasteiger partial charge in [-0.25, -0.2) is 4.98 Å². The highest BCUT2D eigenvalue weighted by atomic mass is 32.2. The fourth-order valence-electron chi connectivity index (χ4n) is 1.83. The van der Waals surface area contributed by atoms with Crippen molar-refractivity contribution in [2.75, 3.05) is 18.5 Å². The van der Waals surface area contributed by atoms with Crippen LogP contribution in [0.15, 0.2) is 53.6 Å². The Morgan fingerprint density at radius 2 is 2.00 bits per heavy atom. The van der Waals surface area contributed by atoms with Crippen molar-refractivity contribution in [2.24, 2.45) is 0 Å². The van der Waals surface area contributed by atoms with Gasteiger partial charge in [-0.05, 0) is 37.1 Å². The van der Waals surface area contributed by atoms with Gasteiger partial charge in [-0.2, -0.15) is 8.42 Å². The average Bonchev–Trinajstić information content (AvgIpc) is 2.51. The van der Waals surface area contributed by atoms with Crippen molar-refractivity contribution in [1.82, 2.24) is 4.98 Å².